The average molecular weight is 418 g/mol. The van der Waals surface area contributed by atoms with Crippen molar-refractivity contribution in [3.63, 3.8) is 0 Å². The summed E-state index contributed by atoms with van der Waals surface area (Å²) in [6.07, 6.45) is 8.86. The summed E-state index contributed by atoms with van der Waals surface area (Å²) in [6.45, 7) is 2.21. The maximum absolute atomic E-state index is 12.5. The van der Waals surface area contributed by atoms with E-state index in [-0.39, 0.29) is 11.9 Å². The molecule has 2 fully saturated rings. The van der Waals surface area contributed by atoms with E-state index in [1.54, 1.807) is 32.4 Å². The van der Waals surface area contributed by atoms with Crippen LogP contribution in [-0.4, -0.2) is 56.7 Å². The second kappa shape index (κ2) is 11.1. The number of nitrogens with one attached hydrogen (secondary N) is 2. The minimum Gasteiger partial charge on any atom is -0.497 e. The van der Waals surface area contributed by atoms with Gasteiger partial charge in [0.25, 0.3) is 5.91 Å². The molecule has 2 N–H and O–H groups in total. The van der Waals surface area contributed by atoms with Gasteiger partial charge in [-0.15, -0.1) is 0 Å². The number of rotatable bonds is 7. The number of hydrogen-bond acceptors (Lipinski definition) is 4. The number of urea groups is 1. The molecule has 1 aliphatic heterocycles. The monoisotopic (exact) mass is 417 g/mol. The third-order valence-corrected chi connectivity index (χ3v) is 6.29. The number of nitrogens with zero attached hydrogens (tertiary/aromatic N) is 1. The first-order chi connectivity index (χ1) is 14.6. The van der Waals surface area contributed by atoms with Crippen LogP contribution in [0.4, 0.5) is 4.79 Å². The van der Waals surface area contributed by atoms with Crippen LogP contribution in [0.1, 0.15) is 61.7 Å². The molecule has 7 heteroatoms. The van der Waals surface area contributed by atoms with E-state index < -0.39 is 0 Å². The second-order valence-electron chi connectivity index (χ2n) is 8.36. The van der Waals surface area contributed by atoms with E-state index in [2.05, 4.69) is 10.6 Å². The highest BCUT2D eigenvalue weighted by Crippen LogP contribution is 2.23. The van der Waals surface area contributed by atoms with Gasteiger partial charge in [-0.3, -0.25) is 4.79 Å². The first-order valence-corrected chi connectivity index (χ1v) is 11.2. The average Bonchev–Trinajstić information content (AvgIpc) is 2.79. The van der Waals surface area contributed by atoms with Crippen molar-refractivity contribution in [2.45, 2.75) is 57.4 Å². The maximum atomic E-state index is 12.5. The van der Waals surface area contributed by atoms with E-state index in [9.17, 15) is 9.59 Å². The lowest BCUT2D eigenvalue weighted by Crippen LogP contribution is -2.48. The van der Waals surface area contributed by atoms with Gasteiger partial charge in [0.2, 0.25) is 0 Å². The summed E-state index contributed by atoms with van der Waals surface area (Å²) in [5.74, 6) is 1.59. The minimum absolute atomic E-state index is 0.0978. The van der Waals surface area contributed by atoms with Crippen LogP contribution in [0.5, 0.6) is 11.5 Å². The van der Waals surface area contributed by atoms with Gasteiger partial charge in [-0.1, -0.05) is 19.3 Å². The van der Waals surface area contributed by atoms with Gasteiger partial charge in [0.1, 0.15) is 11.5 Å². The number of likely N-dealkylation sites (tertiary alicyclic amines) is 1. The van der Waals surface area contributed by atoms with Crippen molar-refractivity contribution in [1.29, 1.82) is 0 Å². The highest BCUT2D eigenvalue weighted by molar-refractivity contribution is 5.95. The van der Waals surface area contributed by atoms with Crippen molar-refractivity contribution in [3.8, 4) is 11.5 Å². The Morgan fingerprint density at radius 2 is 1.60 bits per heavy atom. The molecule has 1 aliphatic carbocycles. The van der Waals surface area contributed by atoms with Crippen LogP contribution < -0.4 is 20.1 Å². The number of amides is 3. The summed E-state index contributed by atoms with van der Waals surface area (Å²) >= 11 is 0. The maximum Gasteiger partial charge on any atom is 0.317 e. The Balaban J connectivity index is 1.37. The van der Waals surface area contributed by atoms with Gasteiger partial charge >= 0.3 is 6.03 Å². The molecule has 0 atom stereocenters. The van der Waals surface area contributed by atoms with Gasteiger partial charge in [0.15, 0.2) is 0 Å². The molecular weight excluding hydrogens is 382 g/mol. The molecule has 0 aromatic heterocycles. The molecule has 3 rings (SSSR count). The Labute approximate surface area is 179 Å². The lowest BCUT2D eigenvalue weighted by Gasteiger charge is -2.34. The molecular formula is C23H35N3O4. The van der Waals surface area contributed by atoms with Crippen molar-refractivity contribution < 1.29 is 19.1 Å². The number of hydrogen-bond donors (Lipinski definition) is 2. The zero-order valence-electron chi connectivity index (χ0n) is 18.2. The molecule has 7 nitrogen and oxygen atoms in total. The Hall–Kier alpha value is -2.44. The van der Waals surface area contributed by atoms with Gasteiger partial charge in [-0.2, -0.15) is 0 Å². The Bertz CT molecular complexity index is 688. The molecule has 1 saturated carbocycles. The van der Waals surface area contributed by atoms with Gasteiger partial charge in [0, 0.05) is 37.3 Å². The zero-order chi connectivity index (χ0) is 21.3. The third kappa shape index (κ3) is 6.28. The summed E-state index contributed by atoms with van der Waals surface area (Å²) in [4.78, 5) is 26.9. The van der Waals surface area contributed by atoms with Crippen LogP contribution in [0, 0.1) is 5.92 Å². The van der Waals surface area contributed by atoms with E-state index in [4.69, 9.17) is 9.47 Å². The molecule has 1 aromatic rings. The first-order valence-electron chi connectivity index (χ1n) is 11.2. The lowest BCUT2D eigenvalue weighted by molar-refractivity contribution is 0.0948. The van der Waals surface area contributed by atoms with Gasteiger partial charge in [-0.05, 0) is 50.2 Å². The predicted molar refractivity (Wildman–Crippen MR) is 116 cm³/mol. The molecule has 3 amide bonds. The van der Waals surface area contributed by atoms with Crippen molar-refractivity contribution in [1.82, 2.24) is 15.5 Å². The molecule has 0 spiro atoms. The summed E-state index contributed by atoms with van der Waals surface area (Å²) in [7, 11) is 3.14. The quantitative estimate of drug-likeness (QED) is 0.711. The normalized spacial score (nSPS) is 18.0. The fourth-order valence-electron chi connectivity index (χ4n) is 4.37. The standard InChI is InChI=1S/C23H35N3O4/c1-29-20-14-18(15-21(16-20)30-2)22(27)24-11-8-17-9-12-26(13-10-17)23(28)25-19-6-4-3-5-7-19/h14-17,19H,3-13H2,1-2H3,(H,24,27)(H,25,28). The number of piperidine rings is 1. The largest absolute Gasteiger partial charge is 0.497 e. The SMILES string of the molecule is COc1cc(OC)cc(C(=O)NCCC2CCN(C(=O)NC3CCCCC3)CC2)c1. The number of methoxy groups -OCH3 is 2. The molecule has 1 aromatic carbocycles. The predicted octanol–water partition coefficient (Wildman–Crippen LogP) is 3.58. The number of carbonyl (C=O) groups is 2. The lowest BCUT2D eigenvalue weighted by atomic mass is 9.93. The third-order valence-electron chi connectivity index (χ3n) is 6.29. The summed E-state index contributed by atoms with van der Waals surface area (Å²) < 4.78 is 10.5. The van der Waals surface area contributed by atoms with E-state index >= 15 is 0 Å². The van der Waals surface area contributed by atoms with Gasteiger partial charge in [-0.25, -0.2) is 4.79 Å². The van der Waals surface area contributed by atoms with Crippen molar-refractivity contribution >= 4 is 11.9 Å². The molecule has 0 bridgehead atoms. The molecule has 166 valence electrons. The van der Waals surface area contributed by atoms with Crippen LogP contribution in [0.25, 0.3) is 0 Å². The molecule has 30 heavy (non-hydrogen) atoms. The van der Waals surface area contributed by atoms with Crippen LogP contribution in [0.2, 0.25) is 0 Å². The van der Waals surface area contributed by atoms with Crippen molar-refractivity contribution in [3.05, 3.63) is 23.8 Å². The number of ether oxygens (including phenoxy) is 2. The summed E-state index contributed by atoms with van der Waals surface area (Å²) in [6, 6.07) is 5.62. The molecule has 0 unspecified atom stereocenters. The second-order valence-corrected chi connectivity index (χ2v) is 8.36. The fourth-order valence-corrected chi connectivity index (χ4v) is 4.37. The zero-order valence-corrected chi connectivity index (χ0v) is 18.2. The smallest absolute Gasteiger partial charge is 0.317 e. The highest BCUT2D eigenvalue weighted by atomic mass is 16.5. The van der Waals surface area contributed by atoms with Crippen LogP contribution in [-0.2, 0) is 0 Å². The summed E-state index contributed by atoms with van der Waals surface area (Å²) in [5.41, 5.74) is 0.528. The highest BCUT2D eigenvalue weighted by Gasteiger charge is 2.25. The minimum atomic E-state index is -0.128. The Kier molecular flexibility index (Phi) is 8.22. The van der Waals surface area contributed by atoms with E-state index in [0.29, 0.717) is 35.6 Å². The van der Waals surface area contributed by atoms with Crippen molar-refractivity contribution in [2.75, 3.05) is 33.9 Å². The van der Waals surface area contributed by atoms with E-state index in [1.807, 2.05) is 4.90 Å². The van der Waals surface area contributed by atoms with Crippen molar-refractivity contribution in [2.24, 2.45) is 5.92 Å². The van der Waals surface area contributed by atoms with Gasteiger partial charge < -0.3 is 25.0 Å². The molecule has 0 radical (unpaired) electrons. The summed E-state index contributed by atoms with van der Waals surface area (Å²) in [5, 5.41) is 6.20. The van der Waals surface area contributed by atoms with E-state index in [0.717, 1.165) is 45.2 Å². The van der Waals surface area contributed by atoms with Crippen LogP contribution >= 0.6 is 0 Å². The molecule has 2 aliphatic rings. The van der Waals surface area contributed by atoms with Crippen LogP contribution in [0.15, 0.2) is 18.2 Å². The fraction of sp³-hybridized carbons (Fsp3) is 0.652. The first kappa shape index (κ1) is 22.2. The molecule has 1 saturated heterocycles. The number of carbonyl (C=O) groups excluding carboxylic acids is 2. The Morgan fingerprint density at radius 3 is 2.20 bits per heavy atom. The molecule has 1 heterocycles. The van der Waals surface area contributed by atoms with Gasteiger partial charge in [0.05, 0.1) is 14.2 Å². The number of benzene rings is 1. The van der Waals surface area contributed by atoms with Crippen LogP contribution in [0.3, 0.4) is 0 Å². The topological polar surface area (TPSA) is 79.9 Å². The van der Waals surface area contributed by atoms with E-state index in [1.165, 1.54) is 19.3 Å². The Morgan fingerprint density at radius 1 is 0.967 bits per heavy atom.